The van der Waals surface area contributed by atoms with Gasteiger partial charge in [-0.05, 0) is 67.8 Å². The van der Waals surface area contributed by atoms with E-state index in [9.17, 15) is 14.3 Å². The molecule has 0 fully saturated rings. The Morgan fingerprint density at radius 3 is 2.33 bits per heavy atom. The van der Waals surface area contributed by atoms with Crippen molar-refractivity contribution in [1.82, 2.24) is 0 Å². The lowest BCUT2D eigenvalue weighted by molar-refractivity contribution is -0.142. The maximum Gasteiger partial charge on any atom is 0.313 e. The Morgan fingerprint density at radius 2 is 1.67 bits per heavy atom. The molecule has 0 aliphatic heterocycles. The first-order valence-corrected chi connectivity index (χ1v) is 12.2. The van der Waals surface area contributed by atoms with Gasteiger partial charge in [-0.15, -0.1) is 0 Å². The van der Waals surface area contributed by atoms with Gasteiger partial charge >= 0.3 is 5.97 Å². The first-order valence-electron chi connectivity index (χ1n) is 12.2. The number of halogens is 1. The quantitative estimate of drug-likeness (QED) is 0.222. The Kier molecular flexibility index (Phi) is 7.63. The number of rotatable bonds is 11. The largest absolute Gasteiger partial charge is 0.493 e. The Hall–Kier alpha value is -3.80. The SMILES string of the molecule is CCCc1c(OCCCOc2ccc(C(C)(C)C(=O)O)cc2)ccc2c(-c3ccc(F)cc3)coc12. The molecule has 0 amide bonds. The summed E-state index contributed by atoms with van der Waals surface area (Å²) in [6.45, 7) is 6.43. The molecule has 4 aromatic rings. The van der Waals surface area contributed by atoms with Crippen molar-refractivity contribution in [2.24, 2.45) is 0 Å². The molecule has 1 heterocycles. The topological polar surface area (TPSA) is 68.9 Å². The molecule has 5 nitrogen and oxygen atoms in total. The fourth-order valence-electron chi connectivity index (χ4n) is 4.14. The number of aliphatic carboxylic acids is 1. The van der Waals surface area contributed by atoms with Crippen molar-refractivity contribution >= 4 is 16.9 Å². The molecule has 0 saturated carbocycles. The third-order valence-electron chi connectivity index (χ3n) is 6.38. The molecule has 0 saturated heterocycles. The minimum absolute atomic E-state index is 0.267. The lowest BCUT2D eigenvalue weighted by atomic mass is 9.85. The molecular weight excluding hydrogens is 459 g/mol. The van der Waals surface area contributed by atoms with Crippen molar-refractivity contribution in [3.63, 3.8) is 0 Å². The predicted octanol–water partition coefficient (Wildman–Crippen LogP) is 7.40. The van der Waals surface area contributed by atoms with Crippen molar-refractivity contribution in [3.05, 3.63) is 83.9 Å². The van der Waals surface area contributed by atoms with Gasteiger partial charge in [0.05, 0.1) is 24.9 Å². The number of carboxylic acid groups (broad SMARTS) is 1. The van der Waals surface area contributed by atoms with Crippen LogP contribution < -0.4 is 9.47 Å². The Bertz CT molecular complexity index is 1320. The number of ether oxygens (including phenoxy) is 2. The van der Waals surface area contributed by atoms with E-state index in [1.54, 1.807) is 56.5 Å². The zero-order valence-electron chi connectivity index (χ0n) is 20.8. The lowest BCUT2D eigenvalue weighted by Crippen LogP contribution is -2.28. The summed E-state index contributed by atoms with van der Waals surface area (Å²) in [4.78, 5) is 11.4. The standard InChI is InChI=1S/C30H31FO5/c1-4-6-25-27(16-15-24-26(19-36-28(24)25)20-7-11-22(31)12-8-20)35-18-5-17-34-23-13-9-21(10-14-23)30(2,3)29(32)33/h7-16,19H,4-6,17-18H2,1-3H3,(H,32,33). The molecule has 0 aliphatic carbocycles. The average Bonchev–Trinajstić information content (AvgIpc) is 3.30. The number of hydrogen-bond acceptors (Lipinski definition) is 4. The van der Waals surface area contributed by atoms with Crippen molar-refractivity contribution in [2.45, 2.75) is 45.4 Å². The van der Waals surface area contributed by atoms with E-state index in [2.05, 4.69) is 6.92 Å². The van der Waals surface area contributed by atoms with Crippen molar-refractivity contribution in [3.8, 4) is 22.6 Å². The van der Waals surface area contributed by atoms with Gasteiger partial charge in [0, 0.05) is 22.9 Å². The molecule has 0 atom stereocenters. The van der Waals surface area contributed by atoms with Gasteiger partial charge in [0.2, 0.25) is 0 Å². The number of carbonyl (C=O) groups is 1. The van der Waals surface area contributed by atoms with Gasteiger partial charge < -0.3 is 19.0 Å². The summed E-state index contributed by atoms with van der Waals surface area (Å²) in [5, 5.41) is 10.4. The third-order valence-corrected chi connectivity index (χ3v) is 6.38. The average molecular weight is 491 g/mol. The molecule has 0 spiro atoms. The van der Waals surface area contributed by atoms with Gasteiger partial charge in [0.1, 0.15) is 22.9 Å². The highest BCUT2D eigenvalue weighted by Gasteiger charge is 2.29. The summed E-state index contributed by atoms with van der Waals surface area (Å²) in [7, 11) is 0. The van der Waals surface area contributed by atoms with Crippen molar-refractivity contribution in [2.75, 3.05) is 13.2 Å². The molecule has 4 rings (SSSR count). The normalized spacial score (nSPS) is 11.6. The molecule has 36 heavy (non-hydrogen) atoms. The van der Waals surface area contributed by atoms with Crippen LogP contribution >= 0.6 is 0 Å². The van der Waals surface area contributed by atoms with Gasteiger partial charge in [-0.25, -0.2) is 4.39 Å². The van der Waals surface area contributed by atoms with Gasteiger partial charge in [-0.2, -0.15) is 0 Å². The second kappa shape index (κ2) is 10.9. The molecule has 3 aromatic carbocycles. The van der Waals surface area contributed by atoms with Gasteiger partial charge in [-0.1, -0.05) is 37.6 Å². The van der Waals surface area contributed by atoms with Crippen LogP contribution in [0.15, 0.2) is 71.3 Å². The van der Waals surface area contributed by atoms with Crippen LogP contribution in [-0.4, -0.2) is 24.3 Å². The highest BCUT2D eigenvalue weighted by Crippen LogP contribution is 2.37. The van der Waals surface area contributed by atoms with Gasteiger partial charge in [-0.3, -0.25) is 4.79 Å². The highest BCUT2D eigenvalue weighted by molar-refractivity contribution is 5.96. The van der Waals surface area contributed by atoms with Crippen LogP contribution in [0.3, 0.4) is 0 Å². The molecule has 188 valence electrons. The number of hydrogen-bond donors (Lipinski definition) is 1. The van der Waals surface area contributed by atoms with E-state index in [4.69, 9.17) is 13.9 Å². The van der Waals surface area contributed by atoms with Crippen LogP contribution in [0, 0.1) is 5.82 Å². The molecule has 1 N–H and O–H groups in total. The molecule has 0 bridgehead atoms. The number of fused-ring (bicyclic) bond motifs is 1. The third kappa shape index (κ3) is 5.38. The minimum Gasteiger partial charge on any atom is -0.493 e. The fourth-order valence-corrected chi connectivity index (χ4v) is 4.14. The van der Waals surface area contributed by atoms with E-state index in [-0.39, 0.29) is 5.82 Å². The minimum atomic E-state index is -0.947. The molecule has 1 aromatic heterocycles. The lowest BCUT2D eigenvalue weighted by Gasteiger charge is -2.19. The van der Waals surface area contributed by atoms with Gasteiger partial charge in [0.25, 0.3) is 0 Å². The van der Waals surface area contributed by atoms with Crippen LogP contribution in [0.2, 0.25) is 0 Å². The predicted molar refractivity (Wildman–Crippen MR) is 138 cm³/mol. The Balaban J connectivity index is 1.38. The molecule has 0 aliphatic rings. The van der Waals surface area contributed by atoms with E-state index in [0.29, 0.717) is 25.4 Å². The zero-order valence-corrected chi connectivity index (χ0v) is 20.8. The zero-order chi connectivity index (χ0) is 25.7. The molecule has 6 heteroatoms. The molecule has 0 radical (unpaired) electrons. The summed E-state index contributed by atoms with van der Waals surface area (Å²) >= 11 is 0. The maximum absolute atomic E-state index is 13.3. The summed E-state index contributed by atoms with van der Waals surface area (Å²) in [6, 6.07) is 17.5. The van der Waals surface area contributed by atoms with Crippen LogP contribution in [0.5, 0.6) is 11.5 Å². The summed E-state index contributed by atoms with van der Waals surface area (Å²) in [5.41, 5.74) is 3.44. The van der Waals surface area contributed by atoms with E-state index in [1.807, 2.05) is 12.1 Å². The Labute approximate surface area is 210 Å². The van der Waals surface area contributed by atoms with Crippen LogP contribution in [0.4, 0.5) is 4.39 Å². The fraction of sp³-hybridized carbons (Fsp3) is 0.300. The van der Waals surface area contributed by atoms with E-state index < -0.39 is 11.4 Å². The number of furan rings is 1. The maximum atomic E-state index is 13.3. The highest BCUT2D eigenvalue weighted by atomic mass is 19.1. The molecular formula is C30H31FO5. The second-order valence-electron chi connectivity index (χ2n) is 9.33. The Morgan fingerprint density at radius 1 is 0.972 bits per heavy atom. The number of aryl methyl sites for hydroxylation is 1. The molecule has 0 unspecified atom stereocenters. The monoisotopic (exact) mass is 490 g/mol. The summed E-state index contributed by atoms with van der Waals surface area (Å²) in [6.07, 6.45) is 4.17. The first-order chi connectivity index (χ1) is 17.3. The second-order valence-corrected chi connectivity index (χ2v) is 9.33. The van der Waals surface area contributed by atoms with Gasteiger partial charge in [0.15, 0.2) is 0 Å². The van der Waals surface area contributed by atoms with Crippen LogP contribution in [-0.2, 0) is 16.6 Å². The van der Waals surface area contributed by atoms with E-state index in [1.165, 1.54) is 12.1 Å². The summed E-state index contributed by atoms with van der Waals surface area (Å²) in [5.74, 6) is 0.355. The first kappa shape index (κ1) is 25.3. The van der Waals surface area contributed by atoms with E-state index in [0.717, 1.165) is 51.8 Å². The van der Waals surface area contributed by atoms with E-state index >= 15 is 0 Å². The van der Waals surface area contributed by atoms with Crippen LogP contribution in [0.25, 0.3) is 22.1 Å². The number of benzene rings is 3. The van der Waals surface area contributed by atoms with Crippen molar-refractivity contribution < 1.29 is 28.2 Å². The van der Waals surface area contributed by atoms with Crippen LogP contribution in [0.1, 0.15) is 44.7 Å². The summed E-state index contributed by atoms with van der Waals surface area (Å²) < 4.78 is 31.2. The van der Waals surface area contributed by atoms with Crippen molar-refractivity contribution in [1.29, 1.82) is 0 Å². The smallest absolute Gasteiger partial charge is 0.313 e. The number of carboxylic acids is 1.